The third-order valence-corrected chi connectivity index (χ3v) is 4.17. The third-order valence-electron chi connectivity index (χ3n) is 4.17. The number of likely N-dealkylation sites (N-methyl/N-ethyl adjacent to an activating group) is 1. The zero-order chi connectivity index (χ0) is 15.9. The summed E-state index contributed by atoms with van der Waals surface area (Å²) in [6.45, 7) is 10.2. The first-order valence-electron chi connectivity index (χ1n) is 8.36. The highest BCUT2D eigenvalue weighted by molar-refractivity contribution is 5.95. The monoisotopic (exact) mass is 303 g/mol. The fraction of sp³-hybridized carbons (Fsp3) is 0.611. The van der Waals surface area contributed by atoms with Crippen LogP contribution in [-0.2, 0) is 6.42 Å². The molecule has 0 radical (unpaired) electrons. The average molecular weight is 303 g/mol. The molecule has 1 fully saturated rings. The van der Waals surface area contributed by atoms with Crippen LogP contribution in [0, 0.1) is 5.92 Å². The van der Waals surface area contributed by atoms with Gasteiger partial charge in [0.05, 0.1) is 0 Å². The van der Waals surface area contributed by atoms with E-state index in [1.807, 2.05) is 30.1 Å². The van der Waals surface area contributed by atoms with Gasteiger partial charge < -0.3 is 10.2 Å². The highest BCUT2D eigenvalue weighted by Gasteiger charge is 2.23. The first-order chi connectivity index (χ1) is 10.6. The zero-order valence-corrected chi connectivity index (χ0v) is 14.1. The zero-order valence-electron chi connectivity index (χ0n) is 14.1. The summed E-state index contributed by atoms with van der Waals surface area (Å²) >= 11 is 0. The maximum absolute atomic E-state index is 12.8. The molecule has 4 heteroatoms. The number of hydrogen-bond acceptors (Lipinski definition) is 3. The molecule has 1 aromatic rings. The summed E-state index contributed by atoms with van der Waals surface area (Å²) in [4.78, 5) is 17.3. The van der Waals surface area contributed by atoms with Crippen LogP contribution in [0.3, 0.4) is 0 Å². The topological polar surface area (TPSA) is 35.6 Å². The van der Waals surface area contributed by atoms with Gasteiger partial charge in [0, 0.05) is 38.3 Å². The van der Waals surface area contributed by atoms with Crippen molar-refractivity contribution in [3.63, 3.8) is 0 Å². The van der Waals surface area contributed by atoms with Crippen LogP contribution < -0.4 is 5.32 Å². The molecule has 1 saturated heterocycles. The van der Waals surface area contributed by atoms with Crippen molar-refractivity contribution in [2.24, 2.45) is 5.92 Å². The van der Waals surface area contributed by atoms with E-state index >= 15 is 0 Å². The Balaban J connectivity index is 1.98. The van der Waals surface area contributed by atoms with Gasteiger partial charge in [0.1, 0.15) is 0 Å². The van der Waals surface area contributed by atoms with Crippen LogP contribution in [0.2, 0.25) is 0 Å². The molecule has 0 spiro atoms. The SMILES string of the molecule is CNCCc1ccccc1C(=O)N1CCN(CC(C)C)CC1. The molecule has 22 heavy (non-hydrogen) atoms. The van der Waals surface area contributed by atoms with Gasteiger partial charge in [-0.1, -0.05) is 32.0 Å². The Hall–Kier alpha value is -1.39. The van der Waals surface area contributed by atoms with Crippen molar-refractivity contribution in [3.05, 3.63) is 35.4 Å². The standard InChI is InChI=1S/C18H29N3O/c1-15(2)14-20-10-12-21(13-11-20)18(22)17-7-5-4-6-16(17)8-9-19-3/h4-7,15,19H,8-14H2,1-3H3. The lowest BCUT2D eigenvalue weighted by molar-refractivity contribution is 0.0623. The van der Waals surface area contributed by atoms with E-state index in [1.165, 1.54) is 0 Å². The second kappa shape index (κ2) is 8.30. The van der Waals surface area contributed by atoms with Gasteiger partial charge >= 0.3 is 0 Å². The molecule has 1 aliphatic rings. The van der Waals surface area contributed by atoms with Gasteiger partial charge in [-0.25, -0.2) is 0 Å². The van der Waals surface area contributed by atoms with Crippen molar-refractivity contribution in [2.45, 2.75) is 20.3 Å². The Morgan fingerprint density at radius 1 is 1.18 bits per heavy atom. The summed E-state index contributed by atoms with van der Waals surface area (Å²) in [6, 6.07) is 8.01. The van der Waals surface area contributed by atoms with Gasteiger partial charge in [-0.2, -0.15) is 0 Å². The molecule has 4 nitrogen and oxygen atoms in total. The molecule has 122 valence electrons. The molecule has 0 aliphatic carbocycles. The number of benzene rings is 1. The molecule has 1 amide bonds. The minimum absolute atomic E-state index is 0.191. The summed E-state index contributed by atoms with van der Waals surface area (Å²) < 4.78 is 0. The van der Waals surface area contributed by atoms with E-state index in [4.69, 9.17) is 0 Å². The number of hydrogen-bond donors (Lipinski definition) is 1. The second-order valence-electron chi connectivity index (χ2n) is 6.50. The van der Waals surface area contributed by atoms with Crippen molar-refractivity contribution < 1.29 is 4.79 Å². The third kappa shape index (κ3) is 4.55. The second-order valence-corrected chi connectivity index (χ2v) is 6.50. The molecule has 1 N–H and O–H groups in total. The number of rotatable bonds is 6. The van der Waals surface area contributed by atoms with E-state index < -0.39 is 0 Å². The Labute approximate surface area is 134 Å². The number of nitrogens with one attached hydrogen (secondary N) is 1. The first-order valence-corrected chi connectivity index (χ1v) is 8.36. The van der Waals surface area contributed by atoms with E-state index in [0.717, 1.165) is 56.8 Å². The molecule has 0 saturated carbocycles. The maximum Gasteiger partial charge on any atom is 0.254 e. The first kappa shape index (κ1) is 17.0. The minimum atomic E-state index is 0.191. The Kier molecular flexibility index (Phi) is 6.40. The summed E-state index contributed by atoms with van der Waals surface area (Å²) in [6.07, 6.45) is 0.895. The van der Waals surface area contributed by atoms with E-state index in [0.29, 0.717) is 5.92 Å². The quantitative estimate of drug-likeness (QED) is 0.871. The Morgan fingerprint density at radius 3 is 2.50 bits per heavy atom. The smallest absolute Gasteiger partial charge is 0.254 e. The van der Waals surface area contributed by atoms with Crippen LogP contribution in [0.5, 0.6) is 0 Å². The van der Waals surface area contributed by atoms with Crippen molar-refractivity contribution in [2.75, 3.05) is 46.3 Å². The fourth-order valence-electron chi connectivity index (χ4n) is 3.03. The minimum Gasteiger partial charge on any atom is -0.336 e. The van der Waals surface area contributed by atoms with E-state index in [-0.39, 0.29) is 5.91 Å². The van der Waals surface area contributed by atoms with Crippen LogP contribution in [-0.4, -0.2) is 62.0 Å². The molecule has 1 heterocycles. The molecule has 0 unspecified atom stereocenters. The predicted octanol–water partition coefficient (Wildman–Crippen LogP) is 1.86. The van der Waals surface area contributed by atoms with Crippen LogP contribution in [0.4, 0.5) is 0 Å². The van der Waals surface area contributed by atoms with Gasteiger partial charge in [0.15, 0.2) is 0 Å². The lowest BCUT2D eigenvalue weighted by Crippen LogP contribution is -2.49. The number of carbonyl (C=O) groups is 1. The van der Waals surface area contributed by atoms with Crippen molar-refractivity contribution in [1.82, 2.24) is 15.1 Å². The number of amides is 1. The molecular weight excluding hydrogens is 274 g/mol. The van der Waals surface area contributed by atoms with Gasteiger partial charge in [0.2, 0.25) is 0 Å². The molecule has 1 aliphatic heterocycles. The highest BCUT2D eigenvalue weighted by atomic mass is 16.2. The number of piperazine rings is 1. The van der Waals surface area contributed by atoms with Gasteiger partial charge in [-0.15, -0.1) is 0 Å². The van der Waals surface area contributed by atoms with Gasteiger partial charge in [0.25, 0.3) is 5.91 Å². The highest BCUT2D eigenvalue weighted by Crippen LogP contribution is 2.14. The van der Waals surface area contributed by atoms with Gasteiger partial charge in [-0.05, 0) is 37.6 Å². The molecule has 1 aromatic carbocycles. The predicted molar refractivity (Wildman–Crippen MR) is 91.3 cm³/mol. The van der Waals surface area contributed by atoms with E-state index in [1.54, 1.807) is 0 Å². The van der Waals surface area contributed by atoms with Crippen LogP contribution in [0.25, 0.3) is 0 Å². The molecule has 0 aromatic heterocycles. The Bertz CT molecular complexity index is 479. The van der Waals surface area contributed by atoms with Crippen molar-refractivity contribution in [1.29, 1.82) is 0 Å². The lowest BCUT2D eigenvalue weighted by Gasteiger charge is -2.35. The van der Waals surface area contributed by atoms with E-state index in [9.17, 15) is 4.79 Å². The summed E-state index contributed by atoms with van der Waals surface area (Å²) in [5.41, 5.74) is 2.02. The molecule has 0 atom stereocenters. The lowest BCUT2D eigenvalue weighted by atomic mass is 10.0. The fourth-order valence-corrected chi connectivity index (χ4v) is 3.03. The summed E-state index contributed by atoms with van der Waals surface area (Å²) in [5, 5.41) is 3.15. The van der Waals surface area contributed by atoms with E-state index in [2.05, 4.69) is 30.1 Å². The maximum atomic E-state index is 12.8. The molecule has 2 rings (SSSR count). The normalized spacial score (nSPS) is 16.3. The summed E-state index contributed by atoms with van der Waals surface area (Å²) in [5.74, 6) is 0.875. The van der Waals surface area contributed by atoms with Gasteiger partial charge in [-0.3, -0.25) is 9.69 Å². The van der Waals surface area contributed by atoms with Crippen LogP contribution in [0.15, 0.2) is 24.3 Å². The van der Waals surface area contributed by atoms with Crippen molar-refractivity contribution >= 4 is 5.91 Å². The number of carbonyl (C=O) groups excluding carboxylic acids is 1. The Morgan fingerprint density at radius 2 is 1.86 bits per heavy atom. The van der Waals surface area contributed by atoms with Crippen LogP contribution >= 0.6 is 0 Å². The largest absolute Gasteiger partial charge is 0.336 e. The molecular formula is C18H29N3O. The van der Waals surface area contributed by atoms with Crippen LogP contribution in [0.1, 0.15) is 29.8 Å². The average Bonchev–Trinajstić information content (AvgIpc) is 2.53. The van der Waals surface area contributed by atoms with Crippen molar-refractivity contribution in [3.8, 4) is 0 Å². The molecule has 0 bridgehead atoms. The summed E-state index contributed by atoms with van der Waals surface area (Å²) in [7, 11) is 1.94. The number of nitrogens with zero attached hydrogens (tertiary/aromatic N) is 2.